The van der Waals surface area contributed by atoms with E-state index in [2.05, 4.69) is 46.9 Å². The Balaban J connectivity index is 4.56. The van der Waals surface area contributed by atoms with Gasteiger partial charge in [0.1, 0.15) is 6.61 Å². The number of carbonyl (C=O) groups excluding carboxylic acids is 1. The maximum Gasteiger partial charge on any atom is 0.309 e. The molecular formula is C21H37Cl3O4Si. The number of ether oxygens (including phenoxy) is 2. The molecule has 0 saturated carbocycles. The van der Waals surface area contributed by atoms with E-state index >= 15 is 0 Å². The lowest BCUT2D eigenvalue weighted by atomic mass is 10.0. The first-order chi connectivity index (χ1) is 13.1. The predicted octanol–water partition coefficient (Wildman–Crippen LogP) is 6.86. The molecule has 0 fully saturated rings. The number of allylic oxidation sites excluding steroid dienone is 2. The number of alkyl halides is 3. The van der Waals surface area contributed by atoms with Gasteiger partial charge in [-0.3, -0.25) is 4.79 Å². The highest BCUT2D eigenvalue weighted by molar-refractivity contribution is 6.74. The summed E-state index contributed by atoms with van der Waals surface area (Å²) in [5.41, 5.74) is 1.15. The maximum atomic E-state index is 11.6. The molecule has 0 radical (unpaired) electrons. The largest absolute Gasteiger partial charge is 0.461 e. The second kappa shape index (κ2) is 12.7. The lowest BCUT2D eigenvalue weighted by molar-refractivity contribution is -0.142. The van der Waals surface area contributed by atoms with Crippen LogP contribution in [0.3, 0.4) is 0 Å². The summed E-state index contributed by atoms with van der Waals surface area (Å²) in [4.78, 5) is 11.6. The molecule has 0 aliphatic heterocycles. The van der Waals surface area contributed by atoms with Crippen molar-refractivity contribution in [1.29, 1.82) is 0 Å². The van der Waals surface area contributed by atoms with Gasteiger partial charge in [-0.1, -0.05) is 86.3 Å². The average Bonchev–Trinajstić information content (AvgIpc) is 2.58. The SMILES string of the molecule is CO[C@H](/C=C(\C)C/C=C/CC(=O)OCC(Cl)(Cl)Cl)[C@@H](C)CO[Si](C)(C)C(C)(C)C. The Morgan fingerprint density at radius 3 is 2.14 bits per heavy atom. The average molecular weight is 488 g/mol. The van der Waals surface area contributed by atoms with Crippen molar-refractivity contribution in [2.45, 2.75) is 75.5 Å². The molecule has 0 bridgehead atoms. The summed E-state index contributed by atoms with van der Waals surface area (Å²) < 4.78 is 15.3. The van der Waals surface area contributed by atoms with E-state index in [1.54, 1.807) is 13.2 Å². The number of carbonyl (C=O) groups is 1. The Morgan fingerprint density at radius 2 is 1.66 bits per heavy atom. The van der Waals surface area contributed by atoms with E-state index in [0.29, 0.717) is 13.0 Å². The normalized spacial score (nSPS) is 16.2. The van der Waals surface area contributed by atoms with Gasteiger partial charge in [0.2, 0.25) is 3.79 Å². The fourth-order valence-electron chi connectivity index (χ4n) is 2.13. The minimum atomic E-state index is -1.78. The van der Waals surface area contributed by atoms with Crippen LogP contribution in [0.2, 0.25) is 18.1 Å². The van der Waals surface area contributed by atoms with Gasteiger partial charge in [-0.15, -0.1) is 0 Å². The van der Waals surface area contributed by atoms with Gasteiger partial charge in [0.15, 0.2) is 8.32 Å². The molecule has 0 aliphatic rings. The second-order valence-electron chi connectivity index (χ2n) is 8.92. The molecule has 0 unspecified atom stereocenters. The fraction of sp³-hybridized carbons (Fsp3) is 0.762. The van der Waals surface area contributed by atoms with Crippen LogP contribution in [0, 0.1) is 5.92 Å². The molecule has 0 saturated heterocycles. The van der Waals surface area contributed by atoms with E-state index in [1.807, 2.05) is 13.0 Å². The molecule has 0 N–H and O–H groups in total. The molecule has 0 aromatic heterocycles. The Hall–Kier alpha value is -0.0431. The predicted molar refractivity (Wildman–Crippen MR) is 126 cm³/mol. The summed E-state index contributed by atoms with van der Waals surface area (Å²) in [5.74, 6) is -0.190. The monoisotopic (exact) mass is 486 g/mol. The molecule has 0 rings (SSSR count). The van der Waals surface area contributed by atoms with Crippen molar-refractivity contribution in [3.8, 4) is 0 Å². The number of methoxy groups -OCH3 is 1. The molecule has 0 aliphatic carbocycles. The van der Waals surface area contributed by atoms with E-state index in [-0.39, 0.29) is 30.1 Å². The van der Waals surface area contributed by atoms with Crippen LogP contribution in [0.4, 0.5) is 0 Å². The zero-order valence-corrected chi connectivity index (χ0v) is 22.2. The van der Waals surface area contributed by atoms with Crippen LogP contribution in [-0.2, 0) is 18.7 Å². The van der Waals surface area contributed by atoms with Crippen molar-refractivity contribution in [2.24, 2.45) is 5.92 Å². The van der Waals surface area contributed by atoms with E-state index in [1.165, 1.54) is 0 Å². The lowest BCUT2D eigenvalue weighted by Crippen LogP contribution is -2.42. The smallest absolute Gasteiger partial charge is 0.309 e. The molecule has 29 heavy (non-hydrogen) atoms. The zero-order chi connectivity index (χ0) is 22.9. The van der Waals surface area contributed by atoms with Gasteiger partial charge in [-0.25, -0.2) is 0 Å². The molecule has 4 nitrogen and oxygen atoms in total. The number of esters is 1. The summed E-state index contributed by atoms with van der Waals surface area (Å²) in [7, 11) is -0.0617. The molecular weight excluding hydrogens is 451 g/mol. The van der Waals surface area contributed by atoms with Crippen LogP contribution in [0.25, 0.3) is 0 Å². The van der Waals surface area contributed by atoms with Crippen molar-refractivity contribution in [2.75, 3.05) is 20.3 Å². The number of hydrogen-bond acceptors (Lipinski definition) is 4. The molecule has 8 heteroatoms. The highest BCUT2D eigenvalue weighted by atomic mass is 35.6. The van der Waals surface area contributed by atoms with E-state index in [9.17, 15) is 4.79 Å². The summed E-state index contributed by atoms with van der Waals surface area (Å²) in [6.07, 6.45) is 6.62. The van der Waals surface area contributed by atoms with Crippen molar-refractivity contribution in [3.05, 3.63) is 23.8 Å². The summed E-state index contributed by atoms with van der Waals surface area (Å²) in [6, 6.07) is 0. The van der Waals surface area contributed by atoms with Crippen LogP contribution in [0.15, 0.2) is 23.8 Å². The molecule has 2 atom stereocenters. The van der Waals surface area contributed by atoms with Crippen molar-refractivity contribution in [1.82, 2.24) is 0 Å². The third-order valence-electron chi connectivity index (χ3n) is 5.08. The van der Waals surface area contributed by atoms with Gasteiger partial charge in [0.05, 0.1) is 12.5 Å². The molecule has 170 valence electrons. The maximum absolute atomic E-state index is 11.6. The van der Waals surface area contributed by atoms with Gasteiger partial charge in [0.25, 0.3) is 0 Å². The molecule has 0 aromatic carbocycles. The van der Waals surface area contributed by atoms with Gasteiger partial charge >= 0.3 is 5.97 Å². The highest BCUT2D eigenvalue weighted by Crippen LogP contribution is 2.37. The van der Waals surface area contributed by atoms with Crippen molar-refractivity contribution in [3.63, 3.8) is 0 Å². The Labute approximate surface area is 193 Å². The van der Waals surface area contributed by atoms with Crippen LogP contribution in [0.5, 0.6) is 0 Å². The lowest BCUT2D eigenvalue weighted by Gasteiger charge is -2.37. The zero-order valence-electron chi connectivity index (χ0n) is 19.0. The van der Waals surface area contributed by atoms with Crippen LogP contribution >= 0.6 is 34.8 Å². The topological polar surface area (TPSA) is 44.8 Å². The van der Waals surface area contributed by atoms with E-state index in [4.69, 9.17) is 48.7 Å². The first-order valence-corrected chi connectivity index (χ1v) is 13.8. The van der Waals surface area contributed by atoms with Gasteiger partial charge in [-0.05, 0) is 31.5 Å². The summed E-state index contributed by atoms with van der Waals surface area (Å²) in [5, 5.41) is 0.186. The second-order valence-corrected chi connectivity index (χ2v) is 16.2. The standard InChI is InChI=1S/C21H37Cl3O4Si/c1-16(11-9-10-12-19(25)27-15-21(22,23)24)13-18(26-6)17(2)14-28-29(7,8)20(3,4)5/h9-10,13,17-18H,11-12,14-15H2,1-8H3/b10-9+,16-13+/t17-,18+/m0/s1. The molecule has 0 heterocycles. The number of halogens is 3. The van der Waals surface area contributed by atoms with Gasteiger partial charge in [0, 0.05) is 19.6 Å². The molecule has 0 amide bonds. The van der Waals surface area contributed by atoms with Gasteiger partial charge in [-0.2, -0.15) is 0 Å². The highest BCUT2D eigenvalue weighted by Gasteiger charge is 2.37. The number of hydrogen-bond donors (Lipinski definition) is 0. The molecule has 0 aromatic rings. The Morgan fingerprint density at radius 1 is 1.10 bits per heavy atom. The minimum Gasteiger partial charge on any atom is -0.461 e. The van der Waals surface area contributed by atoms with Crippen LogP contribution < -0.4 is 0 Å². The van der Waals surface area contributed by atoms with Crippen molar-refractivity contribution >= 4 is 49.1 Å². The van der Waals surface area contributed by atoms with Crippen LogP contribution in [0.1, 0.15) is 47.5 Å². The summed E-state index contributed by atoms with van der Waals surface area (Å²) in [6.45, 7) is 15.8. The van der Waals surface area contributed by atoms with E-state index in [0.717, 1.165) is 5.57 Å². The summed E-state index contributed by atoms with van der Waals surface area (Å²) >= 11 is 16.6. The van der Waals surface area contributed by atoms with E-state index < -0.39 is 18.1 Å². The van der Waals surface area contributed by atoms with Gasteiger partial charge < -0.3 is 13.9 Å². The Kier molecular flexibility index (Phi) is 12.7. The first kappa shape index (κ1) is 29.0. The minimum absolute atomic E-state index is 0.0255. The van der Waals surface area contributed by atoms with Crippen LogP contribution in [-0.4, -0.2) is 44.5 Å². The quantitative estimate of drug-likeness (QED) is 0.138. The third-order valence-corrected chi connectivity index (χ3v) is 9.91. The number of rotatable bonds is 11. The first-order valence-electron chi connectivity index (χ1n) is 9.80. The molecule has 0 spiro atoms. The van der Waals surface area contributed by atoms with Crippen molar-refractivity contribution < 1.29 is 18.7 Å². The Bertz CT molecular complexity index is 563. The third kappa shape index (κ3) is 13.1. The fourth-order valence-corrected chi connectivity index (χ4v) is 3.41.